The number of aromatic hydroxyl groups is 2. The first-order chi connectivity index (χ1) is 24.9. The van der Waals surface area contributed by atoms with Gasteiger partial charge in [0.05, 0.1) is 34.6 Å². The number of carbonyl (C=O) groups excluding carboxylic acids is 5. The van der Waals surface area contributed by atoms with Gasteiger partial charge < -0.3 is 55.1 Å². The van der Waals surface area contributed by atoms with Crippen LogP contribution in [0.1, 0.15) is 89.3 Å². The molecule has 0 radical (unpaired) electrons. The third-order valence-corrected chi connectivity index (χ3v) is 10.7. The Morgan fingerprint density at radius 2 is 1.64 bits per heavy atom. The van der Waals surface area contributed by atoms with Crippen LogP contribution in [0.25, 0.3) is 0 Å². The molecule has 3 aliphatic carbocycles. The topological polar surface area (TPSA) is 247 Å². The predicted molar refractivity (Wildman–Crippen MR) is 182 cm³/mol. The summed E-state index contributed by atoms with van der Waals surface area (Å²) in [7, 11) is 3.61. The average Bonchev–Trinajstić information content (AvgIpc) is 3.08. The standard InChI is InChI=1S/C37H42N2O14/c1-13(2)12-38-34(48)22-14(3)8-16-9-21(41)37(52-7)33(47)24-18(32(46)36(37,49)25(16)28(22)44)10-17-23(27(24)43)20(40)11-19(26(17)42)39-35-31(51-6)29(45)30(50-5)15(4)53-35/h8,10-11,13,15,21,29-31,35,39,41,43-45,49H,9,12H2,1-7H3,(H,38,48)/t15-,21+,29+,30-,31+,35-,36-,37+/m0/s1. The SMILES string of the molecule is CO[C@@H]1[C@@H](O)[C@@H](OC)[C@@H](NC2=CC(=O)c3c(cc4c(c3O)C(=O)[C@]3(OC)[C@H](O)Cc5cc(C)c(C(=O)NCC(C)C)c(O)c5[C@]3(O)C4=O)C2=O)O[C@H]1C. The number of fused-ring (bicyclic) bond motifs is 5. The molecule has 16 heteroatoms. The number of aryl methyl sites for hydroxylation is 1. The summed E-state index contributed by atoms with van der Waals surface area (Å²) in [6.45, 7) is 7.05. The Hall–Kier alpha value is -4.55. The van der Waals surface area contributed by atoms with E-state index in [0.29, 0.717) is 0 Å². The monoisotopic (exact) mass is 738 g/mol. The second-order valence-corrected chi connectivity index (χ2v) is 14.2. The zero-order valence-electron chi connectivity index (χ0n) is 30.1. The Kier molecular flexibility index (Phi) is 9.64. The second kappa shape index (κ2) is 13.4. The van der Waals surface area contributed by atoms with Gasteiger partial charge in [-0.2, -0.15) is 0 Å². The molecule has 0 aromatic heterocycles. The summed E-state index contributed by atoms with van der Waals surface area (Å²) in [6, 6.07) is 2.27. The van der Waals surface area contributed by atoms with E-state index in [1.807, 2.05) is 13.8 Å². The third-order valence-electron chi connectivity index (χ3n) is 10.7. The molecule has 4 aliphatic rings. The maximum Gasteiger partial charge on any atom is 0.255 e. The summed E-state index contributed by atoms with van der Waals surface area (Å²) in [5.41, 5.74) is -9.73. The second-order valence-electron chi connectivity index (χ2n) is 14.2. The van der Waals surface area contributed by atoms with E-state index in [9.17, 15) is 49.5 Å². The molecule has 1 aliphatic heterocycles. The molecule has 0 saturated carbocycles. The van der Waals surface area contributed by atoms with Crippen LogP contribution in [0.15, 0.2) is 23.9 Å². The zero-order chi connectivity index (χ0) is 39.1. The number of methoxy groups -OCH3 is 3. The molecular weight excluding hydrogens is 696 g/mol. The number of hydrogen-bond acceptors (Lipinski definition) is 15. The Balaban J connectivity index is 1.50. The number of benzene rings is 2. The normalized spacial score (nSPS) is 30.7. The first kappa shape index (κ1) is 38.2. The fourth-order valence-electron chi connectivity index (χ4n) is 8.16. The highest BCUT2D eigenvalue weighted by molar-refractivity contribution is 6.31. The molecule has 2 aromatic carbocycles. The lowest BCUT2D eigenvalue weighted by Crippen LogP contribution is -2.73. The summed E-state index contributed by atoms with van der Waals surface area (Å²) in [4.78, 5) is 70.2. The van der Waals surface area contributed by atoms with Crippen LogP contribution in [-0.4, -0.2) is 125 Å². The number of allylic oxidation sites excluding steroid dienone is 2. The number of phenolic OH excluding ortho intramolecular Hbond substituents is 2. The molecular formula is C37H42N2O14. The highest BCUT2D eigenvalue weighted by atomic mass is 16.6. The van der Waals surface area contributed by atoms with Gasteiger partial charge >= 0.3 is 0 Å². The lowest BCUT2D eigenvalue weighted by atomic mass is 9.56. The van der Waals surface area contributed by atoms with Gasteiger partial charge in [0.2, 0.25) is 17.3 Å². The molecule has 16 nitrogen and oxygen atoms in total. The number of ketones is 4. The van der Waals surface area contributed by atoms with Crippen LogP contribution in [0, 0.1) is 12.8 Å². The van der Waals surface area contributed by atoms with Gasteiger partial charge in [0.1, 0.15) is 29.8 Å². The summed E-state index contributed by atoms with van der Waals surface area (Å²) >= 11 is 0. The smallest absolute Gasteiger partial charge is 0.255 e. The van der Waals surface area contributed by atoms with Gasteiger partial charge in [-0.15, -0.1) is 0 Å². The summed E-state index contributed by atoms with van der Waals surface area (Å²) in [5.74, 6) is -7.19. The van der Waals surface area contributed by atoms with Crippen molar-refractivity contribution in [1.29, 1.82) is 0 Å². The van der Waals surface area contributed by atoms with Gasteiger partial charge in [-0.05, 0) is 37.0 Å². The van der Waals surface area contributed by atoms with Gasteiger partial charge in [-0.25, -0.2) is 0 Å². The number of nitrogens with one attached hydrogen (secondary N) is 2. The Morgan fingerprint density at radius 1 is 0.981 bits per heavy atom. The molecule has 0 spiro atoms. The number of aliphatic hydroxyl groups excluding tert-OH is 2. The fourth-order valence-corrected chi connectivity index (χ4v) is 8.16. The number of Topliss-reactive ketones (excluding diaryl/α,β-unsaturated/α-hetero) is 3. The number of hydrogen-bond donors (Lipinski definition) is 7. The summed E-state index contributed by atoms with van der Waals surface area (Å²) < 4.78 is 22.2. The van der Waals surface area contributed by atoms with Crippen LogP contribution >= 0.6 is 0 Å². The van der Waals surface area contributed by atoms with Crippen LogP contribution in [-0.2, 0) is 31.0 Å². The van der Waals surface area contributed by atoms with Crippen LogP contribution in [0.2, 0.25) is 0 Å². The Morgan fingerprint density at radius 3 is 2.25 bits per heavy atom. The predicted octanol–water partition coefficient (Wildman–Crippen LogP) is 0.349. The molecule has 284 valence electrons. The number of ether oxygens (including phenoxy) is 4. The van der Waals surface area contributed by atoms with E-state index < -0.39 is 123 Å². The zero-order valence-corrected chi connectivity index (χ0v) is 30.1. The molecule has 7 N–H and O–H groups in total. The highest BCUT2D eigenvalue weighted by Crippen LogP contribution is 2.56. The van der Waals surface area contributed by atoms with Crippen molar-refractivity contribution in [3.05, 3.63) is 68.4 Å². The van der Waals surface area contributed by atoms with Crippen LogP contribution in [0.3, 0.4) is 0 Å². The van der Waals surface area contributed by atoms with Gasteiger partial charge in [0.25, 0.3) is 5.91 Å². The minimum Gasteiger partial charge on any atom is -0.507 e. The molecule has 1 saturated heterocycles. The molecule has 1 fully saturated rings. The summed E-state index contributed by atoms with van der Waals surface area (Å²) in [6.07, 6.45) is -6.50. The molecule has 0 unspecified atom stereocenters. The lowest BCUT2D eigenvalue weighted by Gasteiger charge is -2.53. The van der Waals surface area contributed by atoms with Gasteiger partial charge in [-0.1, -0.05) is 19.9 Å². The van der Waals surface area contributed by atoms with E-state index in [-0.39, 0.29) is 34.9 Å². The molecule has 6 rings (SSSR count). The van der Waals surface area contributed by atoms with Crippen molar-refractivity contribution in [2.24, 2.45) is 5.92 Å². The first-order valence-electron chi connectivity index (χ1n) is 17.0. The lowest BCUT2D eigenvalue weighted by molar-refractivity contribution is -0.236. The number of rotatable bonds is 8. The van der Waals surface area contributed by atoms with Crippen LogP contribution in [0.4, 0.5) is 0 Å². The third kappa shape index (κ3) is 5.26. The van der Waals surface area contributed by atoms with Crippen LogP contribution < -0.4 is 10.6 Å². The molecule has 53 heavy (non-hydrogen) atoms. The maximum atomic E-state index is 14.7. The average molecular weight is 739 g/mol. The van der Waals surface area contributed by atoms with E-state index in [0.717, 1.165) is 19.3 Å². The molecule has 8 atom stereocenters. The minimum absolute atomic E-state index is 0.0297. The number of carbonyl (C=O) groups is 5. The largest absolute Gasteiger partial charge is 0.507 e. The summed E-state index contributed by atoms with van der Waals surface area (Å²) in [5, 5.41) is 63.6. The van der Waals surface area contributed by atoms with E-state index in [4.69, 9.17) is 18.9 Å². The van der Waals surface area contributed by atoms with E-state index in [2.05, 4.69) is 10.6 Å². The van der Waals surface area contributed by atoms with Crippen molar-refractivity contribution in [3.63, 3.8) is 0 Å². The Bertz CT molecular complexity index is 1990. The maximum absolute atomic E-state index is 14.7. The fraction of sp³-hybridized carbons (Fsp3) is 0.486. The van der Waals surface area contributed by atoms with Crippen molar-refractivity contribution in [3.8, 4) is 11.5 Å². The molecule has 1 heterocycles. The highest BCUT2D eigenvalue weighted by Gasteiger charge is 2.72. The number of phenols is 2. The Labute approximate surface area is 303 Å². The van der Waals surface area contributed by atoms with E-state index in [1.165, 1.54) is 27.2 Å². The van der Waals surface area contributed by atoms with Crippen molar-refractivity contribution in [2.45, 2.75) is 82.1 Å². The van der Waals surface area contributed by atoms with E-state index >= 15 is 0 Å². The van der Waals surface area contributed by atoms with Crippen molar-refractivity contribution >= 4 is 29.0 Å². The van der Waals surface area contributed by atoms with Gasteiger partial charge in [0, 0.05) is 57.1 Å². The first-order valence-corrected chi connectivity index (χ1v) is 17.0. The van der Waals surface area contributed by atoms with Crippen molar-refractivity contribution in [2.75, 3.05) is 27.9 Å². The molecule has 1 amide bonds. The van der Waals surface area contributed by atoms with Crippen LogP contribution in [0.5, 0.6) is 11.5 Å². The molecule has 2 aromatic rings. The van der Waals surface area contributed by atoms with E-state index in [1.54, 1.807) is 6.92 Å². The van der Waals surface area contributed by atoms with Gasteiger partial charge in [0.15, 0.2) is 23.2 Å². The van der Waals surface area contributed by atoms with Crippen molar-refractivity contribution in [1.82, 2.24) is 10.6 Å². The minimum atomic E-state index is -3.21. The van der Waals surface area contributed by atoms with Crippen molar-refractivity contribution < 1.29 is 68.5 Å². The van der Waals surface area contributed by atoms with Gasteiger partial charge in [-0.3, -0.25) is 24.0 Å². The number of amides is 1. The number of aliphatic hydroxyl groups is 3. The molecule has 0 bridgehead atoms. The quantitative estimate of drug-likeness (QED) is 0.193.